The van der Waals surface area contributed by atoms with Crippen LogP contribution in [0.15, 0.2) is 48.7 Å². The molecule has 0 bridgehead atoms. The molecule has 7 nitrogen and oxygen atoms in total. The van der Waals surface area contributed by atoms with Crippen molar-refractivity contribution in [2.75, 3.05) is 18.6 Å². The van der Waals surface area contributed by atoms with Crippen LogP contribution in [0.1, 0.15) is 86.6 Å². The van der Waals surface area contributed by atoms with Gasteiger partial charge in [-0.1, -0.05) is 18.2 Å². The first-order valence-electron chi connectivity index (χ1n) is 16.5. The zero-order valence-electron chi connectivity index (χ0n) is 26.1. The molecule has 0 N–H and O–H groups in total. The summed E-state index contributed by atoms with van der Waals surface area (Å²) < 4.78 is 21.0. The topological polar surface area (TPSA) is 77.3 Å². The number of aromatic nitrogens is 3. The number of carbonyl (C=O) groups excluding carboxylic acids is 2. The first-order chi connectivity index (χ1) is 21.9. The lowest BCUT2D eigenvalue weighted by atomic mass is 9.78. The Bertz CT molecular complexity index is 1700. The molecule has 9 heteroatoms. The van der Waals surface area contributed by atoms with Crippen molar-refractivity contribution in [3.8, 4) is 10.4 Å². The minimum absolute atomic E-state index is 0.100. The molecule has 3 aliphatic carbocycles. The molecule has 0 saturated heterocycles. The van der Waals surface area contributed by atoms with Crippen molar-refractivity contribution in [2.24, 2.45) is 24.8 Å². The van der Waals surface area contributed by atoms with Gasteiger partial charge in [0, 0.05) is 37.3 Å². The van der Waals surface area contributed by atoms with Crippen LogP contribution in [0.5, 0.6) is 0 Å². The monoisotopic (exact) mass is 628 g/mol. The van der Waals surface area contributed by atoms with Gasteiger partial charge in [0.1, 0.15) is 0 Å². The number of hydrogen-bond acceptors (Lipinski definition) is 6. The van der Waals surface area contributed by atoms with Gasteiger partial charge in [0.05, 0.1) is 33.8 Å². The number of anilines is 1. The Morgan fingerprint density at radius 3 is 2.42 bits per heavy atom. The zero-order chi connectivity index (χ0) is 31.1. The number of benzene rings is 2. The molecule has 0 aliphatic heterocycles. The van der Waals surface area contributed by atoms with Crippen LogP contribution in [-0.2, 0) is 21.4 Å². The molecule has 3 aliphatic rings. The molecule has 0 radical (unpaired) electrons. The molecule has 2 aromatic carbocycles. The fraction of sp³-hybridized carbons (Fsp3) is 0.500. The van der Waals surface area contributed by atoms with Gasteiger partial charge in [-0.05, 0) is 111 Å². The van der Waals surface area contributed by atoms with Gasteiger partial charge >= 0.3 is 5.97 Å². The number of esters is 1. The van der Waals surface area contributed by atoms with Crippen LogP contribution in [0.4, 0.5) is 10.1 Å². The first kappa shape index (κ1) is 30.1. The Kier molecular flexibility index (Phi) is 8.46. The molecule has 0 unspecified atom stereocenters. The first-order valence-corrected chi connectivity index (χ1v) is 17.3. The molecule has 1 amide bonds. The van der Waals surface area contributed by atoms with E-state index in [1.165, 1.54) is 30.5 Å². The van der Waals surface area contributed by atoms with Gasteiger partial charge in [0.25, 0.3) is 0 Å². The summed E-state index contributed by atoms with van der Waals surface area (Å²) in [5.74, 6) is 0.741. The van der Waals surface area contributed by atoms with E-state index in [1.807, 2.05) is 23.2 Å². The van der Waals surface area contributed by atoms with E-state index in [4.69, 9.17) is 4.74 Å². The van der Waals surface area contributed by atoms with Gasteiger partial charge < -0.3 is 9.64 Å². The molecule has 0 atom stereocenters. The summed E-state index contributed by atoms with van der Waals surface area (Å²) in [5.41, 5.74) is 4.02. The summed E-state index contributed by atoms with van der Waals surface area (Å²) in [6.45, 7) is 0.679. The predicted molar refractivity (Wildman–Crippen MR) is 175 cm³/mol. The molecular formula is C36H41FN4O3S. The van der Waals surface area contributed by atoms with Gasteiger partial charge in [-0.3, -0.25) is 14.3 Å². The minimum atomic E-state index is -0.415. The van der Waals surface area contributed by atoms with E-state index in [0.29, 0.717) is 55.4 Å². The lowest BCUT2D eigenvalue weighted by Crippen LogP contribution is -2.42. The van der Waals surface area contributed by atoms with E-state index in [9.17, 15) is 14.0 Å². The highest BCUT2D eigenvalue weighted by Gasteiger charge is 2.35. The van der Waals surface area contributed by atoms with Crippen LogP contribution in [0.2, 0.25) is 0 Å². The molecule has 3 fully saturated rings. The lowest BCUT2D eigenvalue weighted by molar-refractivity contribution is -0.147. The summed E-state index contributed by atoms with van der Waals surface area (Å²) in [7, 11) is 3.21. The normalized spacial score (nSPS) is 23.6. The van der Waals surface area contributed by atoms with Crippen LogP contribution >= 0.6 is 11.3 Å². The van der Waals surface area contributed by atoms with Crippen LogP contribution < -0.4 is 4.90 Å². The van der Waals surface area contributed by atoms with Gasteiger partial charge in [0.15, 0.2) is 0 Å². The van der Waals surface area contributed by atoms with Crippen LogP contribution in [0.25, 0.3) is 21.3 Å². The molecule has 236 valence electrons. The Labute approximate surface area is 267 Å². The van der Waals surface area contributed by atoms with E-state index in [2.05, 4.69) is 40.4 Å². The molecule has 7 rings (SSSR count). The summed E-state index contributed by atoms with van der Waals surface area (Å²) in [6.07, 6.45) is 11.3. The van der Waals surface area contributed by atoms with E-state index in [-0.39, 0.29) is 23.7 Å². The highest BCUT2D eigenvalue weighted by molar-refractivity contribution is 7.15. The maximum atomic E-state index is 14.4. The minimum Gasteiger partial charge on any atom is -0.469 e. The number of fused-ring (bicyclic) bond motifs is 1. The molecule has 0 spiro atoms. The average molecular weight is 629 g/mol. The van der Waals surface area contributed by atoms with E-state index < -0.39 is 5.95 Å². The van der Waals surface area contributed by atoms with Gasteiger partial charge in [-0.25, -0.2) is 4.98 Å². The maximum Gasteiger partial charge on any atom is 0.308 e. The average Bonchev–Trinajstić information content (AvgIpc) is 3.74. The second kappa shape index (κ2) is 12.7. The second-order valence-corrected chi connectivity index (χ2v) is 14.4. The third-order valence-electron chi connectivity index (χ3n) is 10.4. The highest BCUT2D eigenvalue weighted by Crippen LogP contribution is 2.44. The number of ether oxygens (including phenoxy) is 1. The third kappa shape index (κ3) is 6.28. The van der Waals surface area contributed by atoms with Gasteiger partial charge in [-0.15, -0.1) is 16.4 Å². The van der Waals surface area contributed by atoms with Crippen molar-refractivity contribution in [3.63, 3.8) is 0 Å². The fourth-order valence-electron chi connectivity index (χ4n) is 7.48. The Morgan fingerprint density at radius 2 is 1.69 bits per heavy atom. The van der Waals surface area contributed by atoms with Crippen molar-refractivity contribution >= 4 is 39.8 Å². The van der Waals surface area contributed by atoms with Crippen molar-refractivity contribution < 1.29 is 18.7 Å². The van der Waals surface area contributed by atoms with Gasteiger partial charge in [-0.2, -0.15) is 4.39 Å². The summed E-state index contributed by atoms with van der Waals surface area (Å²) in [5, 5.41) is 5.75. The second-order valence-electron chi connectivity index (χ2n) is 13.3. The van der Waals surface area contributed by atoms with Crippen LogP contribution in [0, 0.1) is 23.7 Å². The smallest absolute Gasteiger partial charge is 0.308 e. The summed E-state index contributed by atoms with van der Waals surface area (Å²) in [6, 6.07) is 14.5. The molecule has 2 heterocycles. The standard InChI is InChI=1S/C36H41FN4O3S/c1-40-31-17-16-27(19-30(31)33(37)39-40)23-8-6-22(7-9-23)21-41(35(42)25-12-14-26(15-13-25)36(43)44-2)29-5-3-4-28(18-29)32-20-38-34(45-32)24-10-11-24/h3-5,16-20,22-26H,6-15,21H2,1-2H3. The van der Waals surface area contributed by atoms with Crippen molar-refractivity contribution in [1.82, 2.24) is 14.8 Å². The van der Waals surface area contributed by atoms with Crippen molar-refractivity contribution in [3.05, 3.63) is 65.2 Å². The fourth-order valence-corrected chi connectivity index (χ4v) is 8.57. The highest BCUT2D eigenvalue weighted by atomic mass is 32.1. The van der Waals surface area contributed by atoms with E-state index in [1.54, 1.807) is 23.1 Å². The number of aryl methyl sites for hydroxylation is 1. The molecular weight excluding hydrogens is 587 g/mol. The van der Waals surface area contributed by atoms with Crippen molar-refractivity contribution in [2.45, 2.75) is 76.0 Å². The maximum absolute atomic E-state index is 14.4. The Hall–Kier alpha value is -3.59. The number of thiazole rings is 1. The van der Waals surface area contributed by atoms with E-state index in [0.717, 1.165) is 47.3 Å². The van der Waals surface area contributed by atoms with Crippen molar-refractivity contribution in [1.29, 1.82) is 0 Å². The van der Waals surface area contributed by atoms with Gasteiger partial charge in [0.2, 0.25) is 11.9 Å². The molecule has 45 heavy (non-hydrogen) atoms. The number of methoxy groups -OCH3 is 1. The molecule has 3 saturated carbocycles. The number of halogens is 1. The summed E-state index contributed by atoms with van der Waals surface area (Å²) >= 11 is 1.77. The SMILES string of the molecule is COC(=O)C1CCC(C(=O)N(CC2CCC(c3ccc4c(c3)c(F)nn4C)CC2)c2cccc(-c3cnc(C4CC4)s3)c2)CC1. The van der Waals surface area contributed by atoms with E-state index >= 15 is 0 Å². The number of amides is 1. The number of hydrogen-bond donors (Lipinski definition) is 0. The quantitative estimate of drug-likeness (QED) is 0.185. The lowest BCUT2D eigenvalue weighted by Gasteiger charge is -2.36. The Morgan fingerprint density at radius 1 is 0.956 bits per heavy atom. The molecule has 4 aromatic rings. The summed E-state index contributed by atoms with van der Waals surface area (Å²) in [4.78, 5) is 34.3. The number of carbonyl (C=O) groups is 2. The number of nitrogens with zero attached hydrogens (tertiary/aromatic N) is 4. The van der Waals surface area contributed by atoms with Crippen LogP contribution in [-0.4, -0.2) is 40.3 Å². The Balaban J connectivity index is 1.09. The predicted octanol–water partition coefficient (Wildman–Crippen LogP) is 8.00. The largest absolute Gasteiger partial charge is 0.469 e. The third-order valence-corrected chi connectivity index (χ3v) is 11.6. The van der Waals surface area contributed by atoms with Crippen LogP contribution in [0.3, 0.4) is 0 Å². The molecule has 2 aromatic heterocycles. The number of rotatable bonds is 8. The zero-order valence-corrected chi connectivity index (χ0v) is 26.9.